The Morgan fingerprint density at radius 2 is 2.12 bits per heavy atom. The van der Waals surface area contributed by atoms with Crippen molar-refractivity contribution in [3.05, 3.63) is 54.4 Å². The number of halogens is 1. The highest BCUT2D eigenvalue weighted by Crippen LogP contribution is 2.34. The van der Waals surface area contributed by atoms with Gasteiger partial charge in [0.25, 0.3) is 0 Å². The molecule has 1 atom stereocenters. The van der Waals surface area contributed by atoms with Crippen LogP contribution in [0.1, 0.15) is 37.8 Å². The molecule has 10 heteroatoms. The molecule has 8 nitrogen and oxygen atoms in total. The van der Waals surface area contributed by atoms with E-state index in [2.05, 4.69) is 30.0 Å². The van der Waals surface area contributed by atoms with Crippen molar-refractivity contribution < 1.29 is 13.9 Å². The van der Waals surface area contributed by atoms with Crippen LogP contribution in [0.4, 0.5) is 16.0 Å². The molecule has 0 saturated heterocycles. The van der Waals surface area contributed by atoms with E-state index in [1.54, 1.807) is 30.3 Å². The summed E-state index contributed by atoms with van der Waals surface area (Å²) in [4.78, 5) is 29.9. The molecule has 4 rings (SSSR count). The molecule has 2 heterocycles. The van der Waals surface area contributed by atoms with E-state index in [-0.39, 0.29) is 11.6 Å². The first-order valence-electron chi connectivity index (χ1n) is 10.3. The van der Waals surface area contributed by atoms with Gasteiger partial charge in [0.1, 0.15) is 5.82 Å². The Bertz CT molecular complexity index is 1110. The van der Waals surface area contributed by atoms with Crippen LogP contribution in [-0.2, 0) is 4.79 Å². The lowest BCUT2D eigenvalue weighted by atomic mass is 10.0. The minimum Gasteiger partial charge on any atom is -0.480 e. The Balaban J connectivity index is 1.47. The number of nitrogens with one attached hydrogen (secondary N) is 2. The van der Waals surface area contributed by atoms with E-state index in [4.69, 9.17) is 4.74 Å². The van der Waals surface area contributed by atoms with E-state index in [1.807, 2.05) is 6.92 Å². The number of hydrogen-bond acceptors (Lipinski definition) is 8. The third-order valence-corrected chi connectivity index (χ3v) is 6.05. The molecule has 1 fully saturated rings. The molecule has 0 bridgehead atoms. The summed E-state index contributed by atoms with van der Waals surface area (Å²) in [5.74, 6) is -0.630. The van der Waals surface area contributed by atoms with Crippen LogP contribution in [0.25, 0.3) is 11.3 Å². The summed E-state index contributed by atoms with van der Waals surface area (Å²) in [6, 6.07) is 6.20. The van der Waals surface area contributed by atoms with Gasteiger partial charge in [-0.1, -0.05) is 13.0 Å². The van der Waals surface area contributed by atoms with Gasteiger partial charge in [0.05, 0.1) is 42.5 Å². The van der Waals surface area contributed by atoms with Crippen molar-refractivity contribution >= 4 is 29.5 Å². The smallest absolute Gasteiger partial charge is 0.233 e. The summed E-state index contributed by atoms with van der Waals surface area (Å²) in [6.07, 6.45) is 7.50. The highest BCUT2D eigenvalue weighted by Gasteiger charge is 2.24. The van der Waals surface area contributed by atoms with Crippen LogP contribution >= 0.6 is 11.9 Å². The zero-order valence-corrected chi connectivity index (χ0v) is 18.5. The first-order valence-corrected chi connectivity index (χ1v) is 11.2. The predicted octanol–water partition coefficient (Wildman–Crippen LogP) is 4.44. The molecule has 166 valence electrons. The molecule has 1 aliphatic carbocycles. The molecule has 1 amide bonds. The molecule has 32 heavy (non-hydrogen) atoms. The van der Waals surface area contributed by atoms with Crippen LogP contribution in [0.5, 0.6) is 5.88 Å². The fraction of sp³-hybridized carbons (Fsp3) is 0.318. The first kappa shape index (κ1) is 21.9. The maximum atomic E-state index is 14.8. The predicted molar refractivity (Wildman–Crippen MR) is 122 cm³/mol. The van der Waals surface area contributed by atoms with Gasteiger partial charge in [-0.2, -0.15) is 0 Å². The van der Waals surface area contributed by atoms with Gasteiger partial charge in [-0.05, 0) is 49.4 Å². The summed E-state index contributed by atoms with van der Waals surface area (Å²) in [5, 5.41) is 3.28. The molecule has 0 radical (unpaired) electrons. The van der Waals surface area contributed by atoms with E-state index in [0.29, 0.717) is 40.5 Å². The lowest BCUT2D eigenvalue weighted by molar-refractivity contribution is -0.117. The average molecular weight is 455 g/mol. The van der Waals surface area contributed by atoms with Crippen LogP contribution in [-0.4, -0.2) is 38.2 Å². The Kier molecular flexibility index (Phi) is 6.79. The normalized spacial score (nSPS) is 14.0. The van der Waals surface area contributed by atoms with E-state index < -0.39 is 11.7 Å². The maximum Gasteiger partial charge on any atom is 0.233 e. The maximum absolute atomic E-state index is 14.8. The topological polar surface area (TPSA) is 102 Å². The van der Waals surface area contributed by atoms with Gasteiger partial charge >= 0.3 is 0 Å². The zero-order valence-electron chi connectivity index (χ0n) is 17.7. The van der Waals surface area contributed by atoms with Crippen LogP contribution in [0, 0.1) is 5.82 Å². The second kappa shape index (κ2) is 9.90. The summed E-state index contributed by atoms with van der Waals surface area (Å²) in [6.45, 7) is 1.89. The van der Waals surface area contributed by atoms with Gasteiger partial charge < -0.3 is 10.1 Å². The number of nitrogens with zero attached hydrogens (tertiary/aromatic N) is 4. The van der Waals surface area contributed by atoms with Crippen LogP contribution < -0.4 is 14.8 Å². The SMILES string of the molecule is CCC(C(=O)Nc1ccc(-c2cncc(OC)n2)cc1F)c1ccnc(NSC2CC2)n1. The Morgan fingerprint density at radius 3 is 2.84 bits per heavy atom. The molecule has 2 N–H and O–H groups in total. The number of amides is 1. The number of benzene rings is 1. The van der Waals surface area contributed by atoms with E-state index in [1.165, 1.54) is 44.5 Å². The van der Waals surface area contributed by atoms with Crippen molar-refractivity contribution in [2.24, 2.45) is 0 Å². The molecule has 0 aliphatic heterocycles. The molecule has 1 aliphatic rings. The molecule has 2 aromatic heterocycles. The molecule has 1 aromatic carbocycles. The number of anilines is 2. The van der Waals surface area contributed by atoms with Crippen LogP contribution in [0.15, 0.2) is 42.9 Å². The lowest BCUT2D eigenvalue weighted by Crippen LogP contribution is -2.22. The Labute approximate surface area is 189 Å². The van der Waals surface area contributed by atoms with Gasteiger partial charge in [0.15, 0.2) is 0 Å². The molecule has 0 spiro atoms. The van der Waals surface area contributed by atoms with Crippen molar-refractivity contribution in [1.82, 2.24) is 19.9 Å². The quantitative estimate of drug-likeness (QED) is 0.458. The van der Waals surface area contributed by atoms with Gasteiger partial charge in [0, 0.05) is 17.0 Å². The summed E-state index contributed by atoms with van der Waals surface area (Å²) >= 11 is 1.60. The Morgan fingerprint density at radius 1 is 1.28 bits per heavy atom. The summed E-state index contributed by atoms with van der Waals surface area (Å²) in [7, 11) is 1.49. The van der Waals surface area contributed by atoms with E-state index in [0.717, 1.165) is 0 Å². The number of methoxy groups -OCH3 is 1. The van der Waals surface area contributed by atoms with E-state index >= 15 is 0 Å². The fourth-order valence-corrected chi connectivity index (χ4v) is 3.79. The summed E-state index contributed by atoms with van der Waals surface area (Å²) in [5.41, 5.74) is 1.67. The minimum atomic E-state index is -0.568. The second-order valence-corrected chi connectivity index (χ2v) is 8.42. The van der Waals surface area contributed by atoms with Gasteiger partial charge in [-0.15, -0.1) is 0 Å². The highest BCUT2D eigenvalue weighted by atomic mass is 32.2. The second-order valence-electron chi connectivity index (χ2n) is 7.32. The van der Waals surface area contributed by atoms with Crippen molar-refractivity contribution in [2.75, 3.05) is 17.1 Å². The number of ether oxygens (including phenoxy) is 1. The van der Waals surface area contributed by atoms with Crippen molar-refractivity contribution in [3.8, 4) is 17.1 Å². The van der Waals surface area contributed by atoms with Gasteiger partial charge in [0.2, 0.25) is 17.7 Å². The average Bonchev–Trinajstić information content (AvgIpc) is 3.64. The number of aromatic nitrogens is 4. The van der Waals surface area contributed by atoms with Crippen molar-refractivity contribution in [1.29, 1.82) is 0 Å². The van der Waals surface area contributed by atoms with Gasteiger partial charge in [-0.25, -0.2) is 19.3 Å². The minimum absolute atomic E-state index is 0.0877. The largest absolute Gasteiger partial charge is 0.480 e. The molecular weight excluding hydrogens is 431 g/mol. The third kappa shape index (κ3) is 5.31. The van der Waals surface area contributed by atoms with Crippen LogP contribution in [0.3, 0.4) is 0 Å². The van der Waals surface area contributed by atoms with Crippen LogP contribution in [0.2, 0.25) is 0 Å². The van der Waals surface area contributed by atoms with Crippen molar-refractivity contribution in [2.45, 2.75) is 37.4 Å². The first-order chi connectivity index (χ1) is 15.6. The number of rotatable bonds is 9. The lowest BCUT2D eigenvalue weighted by Gasteiger charge is -2.16. The standard InChI is InChI=1S/C22H23FN6O2S/c1-3-15(17-8-9-25-22(28-17)29-32-14-5-6-14)21(30)27-18-7-4-13(10-16(18)23)19-11-24-12-20(26-19)31-2/h4,7-12,14-15H,3,5-6H2,1-2H3,(H,27,30)(H,25,28,29). The number of carbonyl (C=O) groups excluding carboxylic acids is 1. The van der Waals surface area contributed by atoms with E-state index in [9.17, 15) is 9.18 Å². The fourth-order valence-electron chi connectivity index (χ4n) is 3.05. The third-order valence-electron chi connectivity index (χ3n) is 4.94. The molecular formula is C22H23FN6O2S. The summed E-state index contributed by atoms with van der Waals surface area (Å²) < 4.78 is 23.0. The molecule has 3 aromatic rings. The monoisotopic (exact) mass is 454 g/mol. The molecule has 1 saturated carbocycles. The zero-order chi connectivity index (χ0) is 22.5. The number of carbonyl (C=O) groups is 1. The number of hydrogen-bond donors (Lipinski definition) is 2. The Hall–Kier alpha value is -3.27. The van der Waals surface area contributed by atoms with Crippen molar-refractivity contribution in [3.63, 3.8) is 0 Å². The molecule has 1 unspecified atom stereocenters. The van der Waals surface area contributed by atoms with Gasteiger partial charge in [-0.3, -0.25) is 14.5 Å². The highest BCUT2D eigenvalue weighted by molar-refractivity contribution is 8.01.